The van der Waals surface area contributed by atoms with Gasteiger partial charge in [0.1, 0.15) is 11.9 Å². The summed E-state index contributed by atoms with van der Waals surface area (Å²) < 4.78 is 5.18. The summed E-state index contributed by atoms with van der Waals surface area (Å²) in [6, 6.07) is 7.89. The highest BCUT2D eigenvalue weighted by Crippen LogP contribution is 2.33. The van der Waals surface area contributed by atoms with E-state index in [-0.39, 0.29) is 12.1 Å². The Morgan fingerprint density at radius 2 is 2.37 bits per heavy atom. The van der Waals surface area contributed by atoms with E-state index < -0.39 is 0 Å². The quantitative estimate of drug-likeness (QED) is 0.877. The molecule has 2 heterocycles. The monoisotopic (exact) mass is 259 g/mol. The summed E-state index contributed by atoms with van der Waals surface area (Å²) in [6.45, 7) is 3.82. The lowest BCUT2D eigenvalue weighted by atomic mass is 10.1. The number of carbonyl (C=O) groups is 1. The normalized spacial score (nSPS) is 20.8. The molecule has 0 fully saturated rings. The molecule has 0 bridgehead atoms. The molecule has 0 saturated heterocycles. The standard InChI is InChI=1S/C14H17N3O2/c1-2-19-14(18)17-11-6-4-3-5-10(11)9-12(17)13-15-7-8-16-13/h3-6,12H,2,7-9H2,1H3,(H,15,16). The number of benzene rings is 1. The van der Waals surface area contributed by atoms with E-state index in [1.807, 2.05) is 25.1 Å². The van der Waals surface area contributed by atoms with Crippen LogP contribution in [0, 0.1) is 0 Å². The SMILES string of the molecule is CCOC(=O)N1c2ccccc2CC1C1=NCCN1. The molecule has 0 aromatic heterocycles. The van der Waals surface area contributed by atoms with Crippen LogP contribution in [0.5, 0.6) is 0 Å². The van der Waals surface area contributed by atoms with Gasteiger partial charge in [-0.05, 0) is 18.6 Å². The molecular weight excluding hydrogens is 242 g/mol. The molecule has 2 aliphatic rings. The number of nitrogens with one attached hydrogen (secondary N) is 1. The summed E-state index contributed by atoms with van der Waals surface area (Å²) in [7, 11) is 0. The minimum atomic E-state index is -0.297. The number of amides is 1. The summed E-state index contributed by atoms with van der Waals surface area (Å²) in [5.41, 5.74) is 2.10. The molecule has 1 atom stereocenters. The fraction of sp³-hybridized carbons (Fsp3) is 0.429. The fourth-order valence-corrected chi connectivity index (χ4v) is 2.66. The number of nitrogens with zero attached hydrogens (tertiary/aromatic N) is 2. The van der Waals surface area contributed by atoms with Crippen molar-refractivity contribution in [2.24, 2.45) is 4.99 Å². The molecule has 0 aliphatic carbocycles. The van der Waals surface area contributed by atoms with Crippen LogP contribution in [0.2, 0.25) is 0 Å². The molecule has 1 aromatic rings. The molecule has 1 amide bonds. The third kappa shape index (κ3) is 2.05. The fourth-order valence-electron chi connectivity index (χ4n) is 2.66. The van der Waals surface area contributed by atoms with Gasteiger partial charge in [0.25, 0.3) is 0 Å². The largest absolute Gasteiger partial charge is 0.449 e. The Balaban J connectivity index is 1.95. The molecule has 3 rings (SSSR count). The van der Waals surface area contributed by atoms with Gasteiger partial charge in [0.05, 0.1) is 18.8 Å². The lowest BCUT2D eigenvalue weighted by molar-refractivity contribution is 0.159. The van der Waals surface area contributed by atoms with E-state index in [4.69, 9.17) is 4.74 Å². The zero-order chi connectivity index (χ0) is 13.2. The van der Waals surface area contributed by atoms with Crippen molar-refractivity contribution in [3.05, 3.63) is 29.8 Å². The van der Waals surface area contributed by atoms with E-state index in [1.165, 1.54) is 0 Å². The maximum absolute atomic E-state index is 12.2. The minimum Gasteiger partial charge on any atom is -0.449 e. The first-order chi connectivity index (χ1) is 9.31. The summed E-state index contributed by atoms with van der Waals surface area (Å²) in [4.78, 5) is 18.4. The van der Waals surface area contributed by atoms with Gasteiger partial charge in [0.2, 0.25) is 0 Å². The molecule has 2 aliphatic heterocycles. The zero-order valence-electron chi connectivity index (χ0n) is 10.9. The zero-order valence-corrected chi connectivity index (χ0v) is 10.9. The first kappa shape index (κ1) is 12.0. The molecular formula is C14H17N3O2. The summed E-state index contributed by atoms with van der Waals surface area (Å²) >= 11 is 0. The van der Waals surface area contributed by atoms with E-state index >= 15 is 0 Å². The van der Waals surface area contributed by atoms with Crippen LogP contribution in [0.1, 0.15) is 12.5 Å². The maximum Gasteiger partial charge on any atom is 0.414 e. The topological polar surface area (TPSA) is 53.9 Å². The molecule has 0 spiro atoms. The van der Waals surface area contributed by atoms with Crippen LogP contribution in [0.3, 0.4) is 0 Å². The average molecular weight is 259 g/mol. The van der Waals surface area contributed by atoms with Gasteiger partial charge < -0.3 is 10.1 Å². The van der Waals surface area contributed by atoms with Gasteiger partial charge in [-0.2, -0.15) is 0 Å². The number of fused-ring (bicyclic) bond motifs is 1. The highest BCUT2D eigenvalue weighted by Gasteiger charge is 2.38. The van der Waals surface area contributed by atoms with Crippen molar-refractivity contribution >= 4 is 17.6 Å². The van der Waals surface area contributed by atoms with Gasteiger partial charge in [-0.15, -0.1) is 0 Å². The summed E-state index contributed by atoms with van der Waals surface area (Å²) in [5.74, 6) is 0.893. The van der Waals surface area contributed by atoms with E-state index in [1.54, 1.807) is 4.90 Å². The molecule has 0 saturated carbocycles. The van der Waals surface area contributed by atoms with Gasteiger partial charge in [-0.25, -0.2) is 4.79 Å². The van der Waals surface area contributed by atoms with Gasteiger partial charge in [-0.3, -0.25) is 9.89 Å². The third-order valence-corrected chi connectivity index (χ3v) is 3.46. The van der Waals surface area contributed by atoms with E-state index in [9.17, 15) is 4.79 Å². The van der Waals surface area contributed by atoms with Crippen molar-refractivity contribution in [2.75, 3.05) is 24.6 Å². The molecule has 100 valence electrons. The highest BCUT2D eigenvalue weighted by atomic mass is 16.6. The number of rotatable bonds is 2. The Morgan fingerprint density at radius 3 is 3.11 bits per heavy atom. The van der Waals surface area contributed by atoms with Crippen molar-refractivity contribution < 1.29 is 9.53 Å². The predicted octanol–water partition coefficient (Wildman–Crippen LogP) is 1.58. The van der Waals surface area contributed by atoms with E-state index in [2.05, 4.69) is 16.4 Å². The first-order valence-corrected chi connectivity index (χ1v) is 6.63. The van der Waals surface area contributed by atoms with Gasteiger partial charge in [0.15, 0.2) is 0 Å². The van der Waals surface area contributed by atoms with Crippen molar-refractivity contribution in [1.29, 1.82) is 0 Å². The number of amidine groups is 1. The van der Waals surface area contributed by atoms with Crippen molar-refractivity contribution in [3.8, 4) is 0 Å². The van der Waals surface area contributed by atoms with Gasteiger partial charge >= 0.3 is 6.09 Å². The van der Waals surface area contributed by atoms with Crippen LogP contribution in [0.4, 0.5) is 10.5 Å². The lowest BCUT2D eigenvalue weighted by Crippen LogP contribution is -2.47. The van der Waals surface area contributed by atoms with Crippen molar-refractivity contribution in [3.63, 3.8) is 0 Å². The molecule has 5 heteroatoms. The van der Waals surface area contributed by atoms with Crippen molar-refractivity contribution in [2.45, 2.75) is 19.4 Å². The first-order valence-electron chi connectivity index (χ1n) is 6.63. The minimum absolute atomic E-state index is 0.0565. The van der Waals surface area contributed by atoms with Crippen LogP contribution in [-0.2, 0) is 11.2 Å². The molecule has 1 unspecified atom stereocenters. The Kier molecular flexibility index (Phi) is 3.11. The lowest BCUT2D eigenvalue weighted by Gasteiger charge is -2.24. The molecule has 19 heavy (non-hydrogen) atoms. The maximum atomic E-state index is 12.2. The highest BCUT2D eigenvalue weighted by molar-refractivity contribution is 6.03. The van der Waals surface area contributed by atoms with Crippen LogP contribution >= 0.6 is 0 Å². The van der Waals surface area contributed by atoms with Crippen LogP contribution in [-0.4, -0.2) is 37.7 Å². The smallest absolute Gasteiger partial charge is 0.414 e. The number of aliphatic imine (C=N–C) groups is 1. The Bertz CT molecular complexity index is 527. The number of para-hydroxylation sites is 1. The van der Waals surface area contributed by atoms with Crippen LogP contribution in [0.15, 0.2) is 29.3 Å². The number of anilines is 1. The third-order valence-electron chi connectivity index (χ3n) is 3.46. The number of hydrogen-bond acceptors (Lipinski definition) is 4. The Labute approximate surface area is 112 Å². The Morgan fingerprint density at radius 1 is 1.53 bits per heavy atom. The second-order valence-electron chi connectivity index (χ2n) is 4.61. The molecule has 1 N–H and O–H groups in total. The average Bonchev–Trinajstić information content (AvgIpc) is 3.06. The van der Waals surface area contributed by atoms with Gasteiger partial charge in [-0.1, -0.05) is 18.2 Å². The van der Waals surface area contributed by atoms with Crippen molar-refractivity contribution in [1.82, 2.24) is 5.32 Å². The van der Waals surface area contributed by atoms with Crippen LogP contribution in [0.25, 0.3) is 0 Å². The van der Waals surface area contributed by atoms with Crippen LogP contribution < -0.4 is 10.2 Å². The predicted molar refractivity (Wildman–Crippen MR) is 73.7 cm³/mol. The van der Waals surface area contributed by atoms with E-state index in [0.717, 1.165) is 36.6 Å². The second kappa shape index (κ2) is 4.91. The summed E-state index contributed by atoms with van der Waals surface area (Å²) in [5, 5.41) is 3.26. The molecule has 1 aromatic carbocycles. The van der Waals surface area contributed by atoms with E-state index in [0.29, 0.717) is 6.61 Å². The molecule has 0 radical (unpaired) electrons. The second-order valence-corrected chi connectivity index (χ2v) is 4.61. The Hall–Kier alpha value is -2.04. The van der Waals surface area contributed by atoms with Gasteiger partial charge in [0, 0.05) is 13.0 Å². The number of hydrogen-bond donors (Lipinski definition) is 1. The molecule has 5 nitrogen and oxygen atoms in total. The number of ether oxygens (including phenoxy) is 1. The number of carbonyl (C=O) groups excluding carboxylic acids is 1. The summed E-state index contributed by atoms with van der Waals surface area (Å²) in [6.07, 6.45) is 0.495.